The molecule has 2 aromatic heterocycles. The van der Waals surface area contributed by atoms with Crippen LogP contribution in [0.25, 0.3) is 17.6 Å². The third-order valence-electron chi connectivity index (χ3n) is 3.12. The van der Waals surface area contributed by atoms with Crippen molar-refractivity contribution in [2.75, 3.05) is 11.5 Å². The summed E-state index contributed by atoms with van der Waals surface area (Å²) in [6.45, 7) is 1.97. The first kappa shape index (κ1) is 18.5. The standard InChI is InChI=1S/C14H15ClF3N5S/c1-3-24-8-4-5-10(15)22-11(8)13-21-7(12(20)23(13)2)6-9(19)14(16,17)18/h4-6H,3,19-20H2,1-2H3/b9-6-. The lowest BCUT2D eigenvalue weighted by Crippen LogP contribution is -2.19. The molecule has 0 saturated carbocycles. The van der Waals surface area contributed by atoms with Crippen molar-refractivity contribution in [3.05, 3.63) is 28.7 Å². The Morgan fingerprint density at radius 3 is 2.62 bits per heavy atom. The van der Waals surface area contributed by atoms with Gasteiger partial charge in [0.2, 0.25) is 0 Å². The van der Waals surface area contributed by atoms with E-state index in [0.29, 0.717) is 17.6 Å². The summed E-state index contributed by atoms with van der Waals surface area (Å²) >= 11 is 7.45. The lowest BCUT2D eigenvalue weighted by molar-refractivity contribution is -0.0916. The number of nitrogens with zero attached hydrogens (tertiary/aromatic N) is 3. The highest BCUT2D eigenvalue weighted by Crippen LogP contribution is 2.33. The second-order valence-electron chi connectivity index (χ2n) is 4.78. The van der Waals surface area contributed by atoms with Crippen LogP contribution in [0.4, 0.5) is 19.0 Å². The van der Waals surface area contributed by atoms with Crippen LogP contribution in [0.2, 0.25) is 5.15 Å². The monoisotopic (exact) mass is 377 g/mol. The molecule has 0 aromatic carbocycles. The number of hydrogen-bond donors (Lipinski definition) is 2. The lowest BCUT2D eigenvalue weighted by atomic mass is 10.3. The third kappa shape index (κ3) is 3.78. The number of thioether (sulfide) groups is 1. The molecule has 2 rings (SSSR count). The average molecular weight is 378 g/mol. The van der Waals surface area contributed by atoms with Crippen molar-refractivity contribution in [3.63, 3.8) is 0 Å². The second kappa shape index (κ2) is 6.94. The van der Waals surface area contributed by atoms with Crippen molar-refractivity contribution in [2.45, 2.75) is 18.0 Å². The molecule has 0 spiro atoms. The van der Waals surface area contributed by atoms with Gasteiger partial charge in [-0.3, -0.25) is 0 Å². The zero-order chi connectivity index (χ0) is 18.1. The minimum Gasteiger partial charge on any atom is -0.395 e. The van der Waals surface area contributed by atoms with Gasteiger partial charge in [0.15, 0.2) is 5.82 Å². The van der Waals surface area contributed by atoms with Crippen LogP contribution >= 0.6 is 23.4 Å². The first-order valence-electron chi connectivity index (χ1n) is 6.81. The molecule has 2 aromatic rings. The summed E-state index contributed by atoms with van der Waals surface area (Å²) in [5.74, 6) is 1.14. The first-order valence-corrected chi connectivity index (χ1v) is 8.17. The average Bonchev–Trinajstić information content (AvgIpc) is 2.77. The van der Waals surface area contributed by atoms with Crippen molar-refractivity contribution in [3.8, 4) is 11.5 Å². The van der Waals surface area contributed by atoms with E-state index in [0.717, 1.165) is 10.6 Å². The highest BCUT2D eigenvalue weighted by atomic mass is 35.5. The molecular weight excluding hydrogens is 363 g/mol. The van der Waals surface area contributed by atoms with Gasteiger partial charge in [0.05, 0.1) is 0 Å². The van der Waals surface area contributed by atoms with E-state index >= 15 is 0 Å². The fourth-order valence-electron chi connectivity index (χ4n) is 1.93. The van der Waals surface area contributed by atoms with Crippen molar-refractivity contribution in [1.82, 2.24) is 14.5 Å². The largest absolute Gasteiger partial charge is 0.430 e. The van der Waals surface area contributed by atoms with Crippen molar-refractivity contribution < 1.29 is 13.2 Å². The van der Waals surface area contributed by atoms with Crippen LogP contribution in [0.3, 0.4) is 0 Å². The van der Waals surface area contributed by atoms with E-state index in [1.165, 1.54) is 16.3 Å². The minimum absolute atomic E-state index is 0.0476. The first-order chi connectivity index (χ1) is 11.1. The van der Waals surface area contributed by atoms with Gasteiger partial charge in [-0.2, -0.15) is 13.2 Å². The van der Waals surface area contributed by atoms with E-state index < -0.39 is 11.9 Å². The van der Waals surface area contributed by atoms with Crippen LogP contribution < -0.4 is 11.5 Å². The number of rotatable bonds is 4. The number of nitrogen functional groups attached to an aromatic ring is 1. The molecule has 130 valence electrons. The van der Waals surface area contributed by atoms with E-state index in [4.69, 9.17) is 23.1 Å². The molecule has 0 atom stereocenters. The van der Waals surface area contributed by atoms with Crippen LogP contribution in [0.5, 0.6) is 0 Å². The van der Waals surface area contributed by atoms with Gasteiger partial charge < -0.3 is 16.0 Å². The zero-order valence-electron chi connectivity index (χ0n) is 12.9. The highest BCUT2D eigenvalue weighted by molar-refractivity contribution is 7.99. The minimum atomic E-state index is -4.65. The summed E-state index contributed by atoms with van der Waals surface area (Å²) in [5.41, 5.74) is 10.0. The van der Waals surface area contributed by atoms with Gasteiger partial charge in [0.1, 0.15) is 28.1 Å². The Morgan fingerprint density at radius 2 is 2.04 bits per heavy atom. The van der Waals surface area contributed by atoms with Crippen LogP contribution in [-0.2, 0) is 7.05 Å². The van der Waals surface area contributed by atoms with Crippen molar-refractivity contribution >= 4 is 35.3 Å². The number of aromatic nitrogens is 3. The molecule has 0 amide bonds. The summed E-state index contributed by atoms with van der Waals surface area (Å²) in [6, 6.07) is 3.42. The van der Waals surface area contributed by atoms with Gasteiger partial charge in [0, 0.05) is 11.9 Å². The smallest absolute Gasteiger partial charge is 0.395 e. The maximum atomic E-state index is 12.6. The maximum Gasteiger partial charge on any atom is 0.430 e. The van der Waals surface area contributed by atoms with Gasteiger partial charge in [-0.25, -0.2) is 9.97 Å². The third-order valence-corrected chi connectivity index (χ3v) is 4.26. The van der Waals surface area contributed by atoms with Crippen LogP contribution in [0.1, 0.15) is 12.6 Å². The van der Waals surface area contributed by atoms with Gasteiger partial charge in [-0.1, -0.05) is 18.5 Å². The Labute approximate surface area is 145 Å². The summed E-state index contributed by atoms with van der Waals surface area (Å²) < 4.78 is 39.3. The van der Waals surface area contributed by atoms with Gasteiger partial charge in [-0.05, 0) is 24.0 Å². The van der Waals surface area contributed by atoms with E-state index in [2.05, 4.69) is 9.97 Å². The number of allylic oxidation sites excluding steroid dienone is 1. The molecule has 2 heterocycles. The Bertz CT molecular complexity index is 785. The molecule has 0 radical (unpaired) electrons. The van der Waals surface area contributed by atoms with Crippen LogP contribution in [0, 0.1) is 0 Å². The molecule has 0 aliphatic heterocycles. The topological polar surface area (TPSA) is 82.8 Å². The molecule has 0 aliphatic rings. The molecule has 0 saturated heterocycles. The van der Waals surface area contributed by atoms with Crippen molar-refractivity contribution in [1.29, 1.82) is 0 Å². The Kier molecular flexibility index (Phi) is 5.34. The molecule has 0 bridgehead atoms. The van der Waals surface area contributed by atoms with Gasteiger partial charge in [-0.15, -0.1) is 11.8 Å². The number of halogens is 4. The maximum absolute atomic E-state index is 12.6. The van der Waals surface area contributed by atoms with E-state index in [1.807, 2.05) is 6.92 Å². The van der Waals surface area contributed by atoms with E-state index in [9.17, 15) is 13.2 Å². The zero-order valence-corrected chi connectivity index (χ0v) is 14.4. The van der Waals surface area contributed by atoms with Crippen LogP contribution in [-0.4, -0.2) is 26.5 Å². The Balaban J connectivity index is 2.59. The van der Waals surface area contributed by atoms with E-state index in [1.54, 1.807) is 19.2 Å². The Hall–Kier alpha value is -1.87. The molecule has 24 heavy (non-hydrogen) atoms. The number of pyridine rings is 1. The highest BCUT2D eigenvalue weighted by Gasteiger charge is 2.32. The van der Waals surface area contributed by atoms with Gasteiger partial charge in [0.25, 0.3) is 0 Å². The fraction of sp³-hybridized carbons (Fsp3) is 0.286. The quantitative estimate of drug-likeness (QED) is 0.627. The molecular formula is C14H15ClF3N5S. The molecule has 0 fully saturated rings. The van der Waals surface area contributed by atoms with Gasteiger partial charge >= 0.3 is 6.18 Å². The van der Waals surface area contributed by atoms with Crippen molar-refractivity contribution in [2.24, 2.45) is 12.8 Å². The summed E-state index contributed by atoms with van der Waals surface area (Å²) in [5, 5.41) is 0.249. The number of alkyl halides is 3. The number of anilines is 1. The predicted octanol–water partition coefficient (Wildman–Crippen LogP) is 3.69. The molecule has 0 unspecified atom stereocenters. The number of imidazole rings is 1. The Morgan fingerprint density at radius 1 is 1.38 bits per heavy atom. The summed E-state index contributed by atoms with van der Waals surface area (Å²) in [7, 11) is 1.59. The second-order valence-corrected chi connectivity index (χ2v) is 6.47. The van der Waals surface area contributed by atoms with Crippen LogP contribution in [0.15, 0.2) is 22.7 Å². The normalized spacial score (nSPS) is 12.7. The predicted molar refractivity (Wildman–Crippen MR) is 90.5 cm³/mol. The lowest BCUT2D eigenvalue weighted by Gasteiger charge is -2.08. The number of nitrogens with two attached hydrogens (primary N) is 2. The molecule has 4 N–H and O–H groups in total. The van der Waals surface area contributed by atoms with E-state index in [-0.39, 0.29) is 16.7 Å². The SMILES string of the molecule is CCSc1ccc(Cl)nc1-c1nc(/C=C(\N)C(F)(F)F)c(N)n1C. The molecule has 5 nitrogen and oxygen atoms in total. The summed E-state index contributed by atoms with van der Waals surface area (Å²) in [4.78, 5) is 9.20. The molecule has 10 heteroatoms. The fourth-order valence-corrected chi connectivity index (χ4v) is 2.83. The molecule has 0 aliphatic carbocycles. The number of hydrogen-bond acceptors (Lipinski definition) is 5. The summed E-state index contributed by atoms with van der Waals surface area (Å²) in [6.07, 6.45) is -3.95.